The van der Waals surface area contributed by atoms with Gasteiger partial charge in [-0.05, 0) is 49.2 Å². The van der Waals surface area contributed by atoms with Gasteiger partial charge in [0.15, 0.2) is 0 Å². The Morgan fingerprint density at radius 1 is 1.25 bits per heavy atom. The number of aryl methyl sites for hydroxylation is 1. The van der Waals surface area contributed by atoms with Crippen LogP contribution in [0.15, 0.2) is 40.9 Å². The van der Waals surface area contributed by atoms with Crippen molar-refractivity contribution in [3.63, 3.8) is 0 Å². The normalized spacial score (nSPS) is 12.2. The van der Waals surface area contributed by atoms with Gasteiger partial charge in [0.25, 0.3) is 0 Å². The van der Waals surface area contributed by atoms with E-state index in [1.807, 2.05) is 32.0 Å². The van der Waals surface area contributed by atoms with Gasteiger partial charge in [0, 0.05) is 16.1 Å². The molecule has 106 valence electrons. The molecule has 0 unspecified atom stereocenters. The van der Waals surface area contributed by atoms with Crippen LogP contribution in [0.5, 0.6) is 5.75 Å². The van der Waals surface area contributed by atoms with Crippen LogP contribution in [0.3, 0.4) is 0 Å². The molecule has 0 aliphatic heterocycles. The number of rotatable bonds is 4. The molecule has 0 saturated heterocycles. The van der Waals surface area contributed by atoms with Gasteiger partial charge in [0.2, 0.25) is 0 Å². The molecular formula is C16H17BrFNO. The Hall–Kier alpha value is -1.39. The lowest BCUT2D eigenvalue weighted by Gasteiger charge is -2.15. The monoisotopic (exact) mass is 337 g/mol. The molecule has 0 amide bonds. The number of hydrogen-bond donors (Lipinski definition) is 1. The molecule has 2 rings (SSSR count). The highest BCUT2D eigenvalue weighted by molar-refractivity contribution is 9.10. The quantitative estimate of drug-likeness (QED) is 0.891. The summed E-state index contributed by atoms with van der Waals surface area (Å²) >= 11 is 3.43. The van der Waals surface area contributed by atoms with Gasteiger partial charge < -0.3 is 10.5 Å². The molecule has 1 atom stereocenters. The molecule has 0 bridgehead atoms. The summed E-state index contributed by atoms with van der Waals surface area (Å²) in [4.78, 5) is 0. The summed E-state index contributed by atoms with van der Waals surface area (Å²) in [6.07, 6.45) is 0. The summed E-state index contributed by atoms with van der Waals surface area (Å²) in [6.45, 7) is 4.18. The zero-order valence-corrected chi connectivity index (χ0v) is 13.1. The molecule has 20 heavy (non-hydrogen) atoms. The van der Waals surface area contributed by atoms with E-state index in [-0.39, 0.29) is 11.9 Å². The minimum Gasteiger partial charge on any atom is -0.489 e. The number of hydrogen-bond acceptors (Lipinski definition) is 2. The van der Waals surface area contributed by atoms with Crippen LogP contribution < -0.4 is 10.5 Å². The first-order valence-corrected chi connectivity index (χ1v) is 7.19. The fraction of sp³-hybridized carbons (Fsp3) is 0.250. The SMILES string of the molecule is Cc1cc(F)ccc1COc1cc(Br)ccc1[C@@H](C)N. The maximum Gasteiger partial charge on any atom is 0.125 e. The van der Waals surface area contributed by atoms with E-state index in [9.17, 15) is 4.39 Å². The number of nitrogens with two attached hydrogens (primary N) is 1. The van der Waals surface area contributed by atoms with E-state index in [1.54, 1.807) is 6.07 Å². The van der Waals surface area contributed by atoms with Crippen LogP contribution >= 0.6 is 15.9 Å². The van der Waals surface area contributed by atoms with Gasteiger partial charge in [0.05, 0.1) is 0 Å². The van der Waals surface area contributed by atoms with Gasteiger partial charge in [-0.15, -0.1) is 0 Å². The molecular weight excluding hydrogens is 321 g/mol. The van der Waals surface area contributed by atoms with Crippen LogP contribution in [0.25, 0.3) is 0 Å². The second kappa shape index (κ2) is 6.37. The number of halogens is 2. The van der Waals surface area contributed by atoms with Crippen LogP contribution in [0, 0.1) is 12.7 Å². The summed E-state index contributed by atoms with van der Waals surface area (Å²) < 4.78 is 19.9. The topological polar surface area (TPSA) is 35.2 Å². The largest absolute Gasteiger partial charge is 0.489 e. The van der Waals surface area contributed by atoms with Crippen LogP contribution in [0.1, 0.15) is 29.7 Å². The number of benzene rings is 2. The van der Waals surface area contributed by atoms with E-state index in [2.05, 4.69) is 15.9 Å². The van der Waals surface area contributed by atoms with Crippen LogP contribution in [-0.4, -0.2) is 0 Å². The Kier molecular flexibility index (Phi) is 4.78. The van der Waals surface area contributed by atoms with Crippen molar-refractivity contribution in [2.24, 2.45) is 5.73 Å². The summed E-state index contributed by atoms with van der Waals surface area (Å²) in [7, 11) is 0. The highest BCUT2D eigenvalue weighted by Crippen LogP contribution is 2.28. The van der Waals surface area contributed by atoms with E-state index in [0.29, 0.717) is 6.61 Å². The van der Waals surface area contributed by atoms with Crippen molar-refractivity contribution in [2.45, 2.75) is 26.5 Å². The third kappa shape index (κ3) is 3.58. The minimum atomic E-state index is -0.232. The van der Waals surface area contributed by atoms with Gasteiger partial charge in [0.1, 0.15) is 18.2 Å². The van der Waals surface area contributed by atoms with Gasteiger partial charge in [-0.2, -0.15) is 0 Å². The second-order valence-electron chi connectivity index (χ2n) is 4.83. The van der Waals surface area contributed by atoms with Crippen molar-refractivity contribution in [2.75, 3.05) is 0 Å². The van der Waals surface area contributed by atoms with Gasteiger partial charge >= 0.3 is 0 Å². The van der Waals surface area contributed by atoms with Gasteiger partial charge in [-0.25, -0.2) is 4.39 Å². The molecule has 2 nitrogen and oxygen atoms in total. The van der Waals surface area contributed by atoms with E-state index in [4.69, 9.17) is 10.5 Å². The molecule has 0 fully saturated rings. The zero-order chi connectivity index (χ0) is 14.7. The minimum absolute atomic E-state index is 0.104. The first kappa shape index (κ1) is 15.0. The van der Waals surface area contributed by atoms with E-state index < -0.39 is 0 Å². The maximum atomic E-state index is 13.1. The second-order valence-corrected chi connectivity index (χ2v) is 5.75. The van der Waals surface area contributed by atoms with Gasteiger partial charge in [-0.1, -0.05) is 28.1 Å². The van der Waals surface area contributed by atoms with E-state index in [0.717, 1.165) is 26.9 Å². The summed E-state index contributed by atoms with van der Waals surface area (Å²) in [6, 6.07) is 10.4. The van der Waals surface area contributed by atoms with Crippen LogP contribution in [0.2, 0.25) is 0 Å². The Morgan fingerprint density at radius 3 is 2.65 bits per heavy atom. The Morgan fingerprint density at radius 2 is 2.00 bits per heavy atom. The molecule has 2 aromatic rings. The van der Waals surface area contributed by atoms with Crippen LogP contribution in [-0.2, 0) is 6.61 Å². The molecule has 4 heteroatoms. The summed E-state index contributed by atoms with van der Waals surface area (Å²) in [5.74, 6) is 0.517. The fourth-order valence-corrected chi connectivity index (χ4v) is 2.33. The van der Waals surface area contributed by atoms with Crippen molar-refractivity contribution in [1.29, 1.82) is 0 Å². The van der Waals surface area contributed by atoms with Crippen molar-refractivity contribution >= 4 is 15.9 Å². The molecule has 0 saturated carbocycles. The Balaban J connectivity index is 2.20. The first-order valence-electron chi connectivity index (χ1n) is 6.40. The maximum absolute atomic E-state index is 13.1. The predicted octanol–water partition coefficient (Wildman–Crippen LogP) is 4.50. The molecule has 0 aromatic heterocycles. The first-order chi connectivity index (χ1) is 9.47. The zero-order valence-electron chi connectivity index (χ0n) is 11.5. The van der Waals surface area contributed by atoms with Crippen molar-refractivity contribution < 1.29 is 9.13 Å². The number of ether oxygens (including phenoxy) is 1. The van der Waals surface area contributed by atoms with Crippen molar-refractivity contribution in [3.8, 4) is 5.75 Å². The Labute approximate surface area is 126 Å². The fourth-order valence-electron chi connectivity index (χ4n) is 1.99. The smallest absolute Gasteiger partial charge is 0.125 e. The Bertz CT molecular complexity index is 613. The summed E-state index contributed by atoms with van der Waals surface area (Å²) in [5.41, 5.74) is 8.73. The molecule has 0 heterocycles. The molecule has 2 aromatic carbocycles. The highest BCUT2D eigenvalue weighted by atomic mass is 79.9. The van der Waals surface area contributed by atoms with Crippen molar-refractivity contribution in [3.05, 3.63) is 63.4 Å². The molecule has 0 radical (unpaired) electrons. The van der Waals surface area contributed by atoms with Crippen LogP contribution in [0.4, 0.5) is 4.39 Å². The predicted molar refractivity (Wildman–Crippen MR) is 82.2 cm³/mol. The average Bonchev–Trinajstić information content (AvgIpc) is 2.37. The lowest BCUT2D eigenvalue weighted by Crippen LogP contribution is -2.08. The van der Waals surface area contributed by atoms with E-state index in [1.165, 1.54) is 12.1 Å². The molecule has 0 aliphatic rings. The van der Waals surface area contributed by atoms with Crippen molar-refractivity contribution in [1.82, 2.24) is 0 Å². The summed E-state index contributed by atoms with van der Waals surface area (Å²) in [5, 5.41) is 0. The standard InChI is InChI=1S/C16H17BrFNO/c1-10-7-14(18)5-3-12(10)9-20-16-8-13(17)4-6-15(16)11(2)19/h3-8,11H,9,19H2,1-2H3/t11-/m1/s1. The third-order valence-electron chi connectivity index (χ3n) is 3.15. The molecule has 0 aliphatic carbocycles. The molecule has 2 N–H and O–H groups in total. The third-order valence-corrected chi connectivity index (χ3v) is 3.65. The lowest BCUT2D eigenvalue weighted by atomic mass is 10.1. The highest BCUT2D eigenvalue weighted by Gasteiger charge is 2.10. The average molecular weight is 338 g/mol. The van der Waals surface area contributed by atoms with E-state index >= 15 is 0 Å². The van der Waals surface area contributed by atoms with Gasteiger partial charge in [-0.3, -0.25) is 0 Å². The molecule has 0 spiro atoms. The lowest BCUT2D eigenvalue weighted by molar-refractivity contribution is 0.300.